The van der Waals surface area contributed by atoms with Gasteiger partial charge in [0.15, 0.2) is 6.79 Å². The van der Waals surface area contributed by atoms with Crippen LogP contribution in [0.3, 0.4) is 0 Å². The normalized spacial score (nSPS) is 19.4. The molecule has 2 aliphatic rings. The predicted octanol–water partition coefficient (Wildman–Crippen LogP) is 2.12. The van der Waals surface area contributed by atoms with Crippen molar-refractivity contribution in [3.05, 3.63) is 29.1 Å². The highest BCUT2D eigenvalue weighted by atomic mass is 35.5. The second kappa shape index (κ2) is 8.47. The molecule has 2 N–H and O–H groups in total. The molecule has 2 heterocycles. The zero-order valence-corrected chi connectivity index (χ0v) is 13.7. The van der Waals surface area contributed by atoms with Crippen LogP contribution in [0.5, 0.6) is 5.75 Å². The van der Waals surface area contributed by atoms with Crippen LogP contribution in [-0.4, -0.2) is 25.8 Å². The van der Waals surface area contributed by atoms with Crippen LogP contribution >= 0.6 is 12.4 Å². The summed E-state index contributed by atoms with van der Waals surface area (Å²) < 4.78 is 24.2. The Morgan fingerprint density at radius 2 is 2.30 bits per heavy atom. The summed E-state index contributed by atoms with van der Waals surface area (Å²) in [6, 6.07) is 2.82. The number of rotatable bonds is 5. The highest BCUT2D eigenvalue weighted by Gasteiger charge is 2.18. The van der Waals surface area contributed by atoms with Crippen molar-refractivity contribution < 1.29 is 18.7 Å². The molecule has 1 unspecified atom stereocenters. The van der Waals surface area contributed by atoms with Crippen LogP contribution in [0.2, 0.25) is 0 Å². The van der Waals surface area contributed by atoms with E-state index in [1.165, 1.54) is 12.1 Å². The second-order valence-corrected chi connectivity index (χ2v) is 5.84. The molecule has 1 atom stereocenters. The van der Waals surface area contributed by atoms with Crippen molar-refractivity contribution in [2.24, 2.45) is 5.92 Å². The zero-order chi connectivity index (χ0) is 15.4. The molecular weight excluding hydrogens is 323 g/mol. The monoisotopic (exact) mass is 344 g/mol. The molecule has 1 saturated heterocycles. The van der Waals surface area contributed by atoms with E-state index in [2.05, 4.69) is 10.6 Å². The van der Waals surface area contributed by atoms with Gasteiger partial charge >= 0.3 is 0 Å². The first kappa shape index (κ1) is 18.0. The number of ether oxygens (including phenoxy) is 2. The van der Waals surface area contributed by atoms with Crippen LogP contribution in [-0.2, 0) is 22.7 Å². The van der Waals surface area contributed by atoms with E-state index < -0.39 is 0 Å². The van der Waals surface area contributed by atoms with Gasteiger partial charge in [-0.25, -0.2) is 4.39 Å². The van der Waals surface area contributed by atoms with E-state index in [1.807, 2.05) is 0 Å². The van der Waals surface area contributed by atoms with Crippen LogP contribution in [0.15, 0.2) is 12.1 Å². The molecule has 0 aliphatic carbocycles. The number of hydrogen-bond acceptors (Lipinski definition) is 4. The number of halogens is 2. The Hall–Kier alpha value is -1.37. The van der Waals surface area contributed by atoms with E-state index in [1.54, 1.807) is 0 Å². The Kier molecular flexibility index (Phi) is 6.62. The van der Waals surface area contributed by atoms with E-state index in [-0.39, 0.29) is 37.5 Å². The van der Waals surface area contributed by atoms with Crippen LogP contribution in [0, 0.1) is 11.7 Å². The summed E-state index contributed by atoms with van der Waals surface area (Å²) in [5.74, 6) is 0.882. The van der Waals surface area contributed by atoms with Gasteiger partial charge in [0.05, 0.1) is 6.61 Å². The van der Waals surface area contributed by atoms with Gasteiger partial charge in [0.25, 0.3) is 0 Å². The van der Waals surface area contributed by atoms with E-state index in [9.17, 15) is 9.18 Å². The molecule has 1 aromatic carbocycles. The van der Waals surface area contributed by atoms with Gasteiger partial charge in [-0.3, -0.25) is 4.79 Å². The van der Waals surface area contributed by atoms with Gasteiger partial charge in [0.2, 0.25) is 5.91 Å². The van der Waals surface area contributed by atoms with Crippen molar-refractivity contribution in [2.45, 2.75) is 32.4 Å². The first-order valence-electron chi connectivity index (χ1n) is 7.71. The number of carbonyl (C=O) groups is 1. The van der Waals surface area contributed by atoms with E-state index in [0.717, 1.165) is 25.9 Å². The Bertz CT molecular complexity index is 550. The quantitative estimate of drug-likeness (QED) is 0.859. The van der Waals surface area contributed by atoms with Crippen molar-refractivity contribution in [3.63, 3.8) is 0 Å². The number of amides is 1. The second-order valence-electron chi connectivity index (χ2n) is 5.84. The van der Waals surface area contributed by atoms with Crippen LogP contribution < -0.4 is 15.4 Å². The Labute approximate surface area is 141 Å². The lowest BCUT2D eigenvalue weighted by Crippen LogP contribution is -2.25. The van der Waals surface area contributed by atoms with E-state index in [0.29, 0.717) is 35.8 Å². The number of fused-ring (bicyclic) bond motifs is 1. The Morgan fingerprint density at radius 1 is 1.43 bits per heavy atom. The molecule has 3 rings (SSSR count). The van der Waals surface area contributed by atoms with Crippen molar-refractivity contribution in [1.82, 2.24) is 10.6 Å². The average Bonchev–Trinajstić information content (AvgIpc) is 3.04. The molecule has 0 spiro atoms. The number of nitrogens with one attached hydrogen (secondary N) is 2. The summed E-state index contributed by atoms with van der Waals surface area (Å²) >= 11 is 0. The molecule has 23 heavy (non-hydrogen) atoms. The summed E-state index contributed by atoms with van der Waals surface area (Å²) in [6.45, 7) is 2.82. The first-order valence-corrected chi connectivity index (χ1v) is 7.71. The molecule has 1 fully saturated rings. The topological polar surface area (TPSA) is 59.6 Å². The Morgan fingerprint density at radius 3 is 3.09 bits per heavy atom. The molecule has 7 heteroatoms. The van der Waals surface area contributed by atoms with Gasteiger partial charge in [-0.1, -0.05) is 0 Å². The number of benzene rings is 1. The Balaban J connectivity index is 0.00000192. The van der Waals surface area contributed by atoms with Crippen LogP contribution in [0.4, 0.5) is 4.39 Å². The molecule has 0 aromatic heterocycles. The van der Waals surface area contributed by atoms with Crippen LogP contribution in [0.1, 0.15) is 30.4 Å². The van der Waals surface area contributed by atoms with Crippen molar-refractivity contribution in [3.8, 4) is 5.75 Å². The maximum Gasteiger partial charge on any atom is 0.220 e. The average molecular weight is 345 g/mol. The third-order valence-corrected chi connectivity index (χ3v) is 4.17. The van der Waals surface area contributed by atoms with Gasteiger partial charge in [-0.2, -0.15) is 0 Å². The molecule has 1 amide bonds. The van der Waals surface area contributed by atoms with Gasteiger partial charge in [-0.15, -0.1) is 12.4 Å². The standard InChI is InChI=1S/C16H21FN2O3.ClH/c17-14-5-12(16-13(6-14)9-21-10-22-16)8-19-15(20)2-1-11-3-4-18-7-11;/h5-6,11,18H,1-4,7-10H2,(H,19,20);1H. The maximum absolute atomic E-state index is 13.6. The highest BCUT2D eigenvalue weighted by molar-refractivity contribution is 5.85. The van der Waals surface area contributed by atoms with Crippen molar-refractivity contribution in [1.29, 1.82) is 0 Å². The lowest BCUT2D eigenvalue weighted by Gasteiger charge is -2.21. The summed E-state index contributed by atoms with van der Waals surface area (Å²) in [7, 11) is 0. The minimum absolute atomic E-state index is 0. The molecule has 0 bridgehead atoms. The minimum atomic E-state index is -0.339. The molecule has 1 aromatic rings. The molecule has 0 radical (unpaired) electrons. The fourth-order valence-corrected chi connectivity index (χ4v) is 2.97. The van der Waals surface area contributed by atoms with Crippen molar-refractivity contribution >= 4 is 18.3 Å². The molecule has 2 aliphatic heterocycles. The third-order valence-electron chi connectivity index (χ3n) is 4.17. The predicted molar refractivity (Wildman–Crippen MR) is 86.0 cm³/mol. The van der Waals surface area contributed by atoms with Crippen LogP contribution in [0.25, 0.3) is 0 Å². The van der Waals surface area contributed by atoms with Gasteiger partial charge in [-0.05, 0) is 44.0 Å². The smallest absolute Gasteiger partial charge is 0.220 e. The lowest BCUT2D eigenvalue weighted by molar-refractivity contribution is -0.121. The SMILES string of the molecule is Cl.O=C(CCC1CCNC1)NCc1cc(F)cc2c1OCOC2. The summed E-state index contributed by atoms with van der Waals surface area (Å²) in [5.41, 5.74) is 1.35. The first-order chi connectivity index (χ1) is 10.7. The fourth-order valence-electron chi connectivity index (χ4n) is 2.97. The molecule has 0 saturated carbocycles. The largest absolute Gasteiger partial charge is 0.467 e. The summed E-state index contributed by atoms with van der Waals surface area (Å²) in [4.78, 5) is 11.9. The zero-order valence-electron chi connectivity index (χ0n) is 12.9. The summed E-state index contributed by atoms with van der Waals surface area (Å²) in [5, 5.41) is 6.15. The lowest BCUT2D eigenvalue weighted by atomic mass is 10.0. The maximum atomic E-state index is 13.6. The molecule has 5 nitrogen and oxygen atoms in total. The molecule has 128 valence electrons. The number of hydrogen-bond donors (Lipinski definition) is 2. The van der Waals surface area contributed by atoms with Gasteiger partial charge in [0.1, 0.15) is 11.6 Å². The van der Waals surface area contributed by atoms with Gasteiger partial charge < -0.3 is 20.1 Å². The molecular formula is C16H22ClFN2O3. The third kappa shape index (κ3) is 4.80. The van der Waals surface area contributed by atoms with E-state index >= 15 is 0 Å². The number of carbonyl (C=O) groups excluding carboxylic acids is 1. The minimum Gasteiger partial charge on any atom is -0.467 e. The summed E-state index contributed by atoms with van der Waals surface area (Å²) in [6.07, 6.45) is 2.54. The fraction of sp³-hybridized carbons (Fsp3) is 0.562. The highest BCUT2D eigenvalue weighted by Crippen LogP contribution is 2.29. The van der Waals surface area contributed by atoms with E-state index in [4.69, 9.17) is 9.47 Å². The van der Waals surface area contributed by atoms with Gasteiger partial charge in [0, 0.05) is 24.1 Å². The van der Waals surface area contributed by atoms with Crippen molar-refractivity contribution in [2.75, 3.05) is 19.9 Å².